The van der Waals surface area contributed by atoms with Crippen molar-refractivity contribution >= 4 is 28.3 Å². The summed E-state index contributed by atoms with van der Waals surface area (Å²) >= 11 is 1.88. The van der Waals surface area contributed by atoms with Crippen molar-refractivity contribution in [3.05, 3.63) is 21.3 Å². The molecule has 1 aromatic carbocycles. The predicted molar refractivity (Wildman–Crippen MR) is 67.4 cm³/mol. The number of halogens is 4. The van der Waals surface area contributed by atoms with Crippen molar-refractivity contribution in [3.8, 4) is 5.75 Å². The molecule has 1 aromatic rings. The Labute approximate surface area is 111 Å². The fraction of sp³-hybridized carbons (Fsp3) is 0.455. The molecule has 0 unspecified atom stereocenters. The Kier molecular flexibility index (Phi) is 2.95. The highest BCUT2D eigenvalue weighted by Crippen LogP contribution is 2.41. The summed E-state index contributed by atoms with van der Waals surface area (Å²) in [6.07, 6.45) is -4.35. The molecule has 1 heterocycles. The van der Waals surface area contributed by atoms with Crippen molar-refractivity contribution in [1.29, 1.82) is 0 Å². The van der Waals surface area contributed by atoms with E-state index >= 15 is 0 Å². The van der Waals surface area contributed by atoms with Crippen LogP contribution in [0.3, 0.4) is 0 Å². The average Bonchev–Trinajstić information content (AvgIpc) is 2.13. The molecule has 1 N–H and O–H groups in total. The summed E-state index contributed by atoms with van der Waals surface area (Å²) in [7, 11) is 0. The zero-order valence-corrected chi connectivity index (χ0v) is 11.4. The number of alkyl halides is 3. The summed E-state index contributed by atoms with van der Waals surface area (Å²) in [5.74, 6) is 0.264. The molecule has 1 aliphatic rings. The molecule has 0 bridgehead atoms. The molecule has 0 saturated carbocycles. The Bertz CT molecular complexity index is 457. The minimum absolute atomic E-state index is 0.264. The number of hydrogen-bond donors (Lipinski definition) is 1. The lowest BCUT2D eigenvalue weighted by molar-refractivity contribution is -0.137. The van der Waals surface area contributed by atoms with E-state index in [0.29, 0.717) is 15.8 Å². The molecule has 17 heavy (non-hydrogen) atoms. The second-order valence-corrected chi connectivity index (χ2v) is 5.71. The molecule has 0 atom stereocenters. The molecule has 2 nitrogen and oxygen atoms in total. The molecule has 0 radical (unpaired) electrons. The van der Waals surface area contributed by atoms with Crippen molar-refractivity contribution in [2.75, 3.05) is 11.9 Å². The van der Waals surface area contributed by atoms with Crippen molar-refractivity contribution in [1.82, 2.24) is 0 Å². The van der Waals surface area contributed by atoms with Gasteiger partial charge < -0.3 is 10.1 Å². The Balaban J connectivity index is 2.49. The first-order valence-electron chi connectivity index (χ1n) is 5.03. The van der Waals surface area contributed by atoms with Crippen LogP contribution < -0.4 is 10.1 Å². The highest BCUT2D eigenvalue weighted by Gasteiger charge is 2.35. The van der Waals surface area contributed by atoms with E-state index in [1.165, 1.54) is 0 Å². The summed E-state index contributed by atoms with van der Waals surface area (Å²) < 4.78 is 44.0. The van der Waals surface area contributed by atoms with Gasteiger partial charge in [-0.3, -0.25) is 0 Å². The maximum atomic E-state index is 12.7. The standard InChI is InChI=1S/C11H11F3INO/c1-10(2)5-16-9-7(15)3-6(11(12,13)14)4-8(9)17-10/h3-4,16H,5H2,1-2H3. The molecular formula is C11H11F3INO. The largest absolute Gasteiger partial charge is 0.484 e. The van der Waals surface area contributed by atoms with Gasteiger partial charge in [0.15, 0.2) is 0 Å². The van der Waals surface area contributed by atoms with Gasteiger partial charge >= 0.3 is 6.18 Å². The van der Waals surface area contributed by atoms with Crippen LogP contribution >= 0.6 is 22.6 Å². The first kappa shape index (κ1) is 12.8. The maximum Gasteiger partial charge on any atom is 0.416 e. The lowest BCUT2D eigenvalue weighted by Crippen LogP contribution is -2.40. The summed E-state index contributed by atoms with van der Waals surface area (Å²) in [5, 5.41) is 3.10. The highest BCUT2D eigenvalue weighted by molar-refractivity contribution is 14.1. The van der Waals surface area contributed by atoms with Crippen molar-refractivity contribution in [3.63, 3.8) is 0 Å². The third-order valence-corrected chi connectivity index (χ3v) is 3.31. The zero-order chi connectivity index (χ0) is 12.8. The van der Waals surface area contributed by atoms with E-state index in [2.05, 4.69) is 5.32 Å². The first-order chi connectivity index (χ1) is 7.69. The predicted octanol–water partition coefficient (Wildman–Crippen LogP) is 3.89. The van der Waals surface area contributed by atoms with E-state index in [4.69, 9.17) is 4.74 Å². The van der Waals surface area contributed by atoms with Gasteiger partial charge in [-0.25, -0.2) is 0 Å². The molecule has 0 spiro atoms. The Morgan fingerprint density at radius 3 is 2.59 bits per heavy atom. The lowest BCUT2D eigenvalue weighted by atomic mass is 10.1. The molecular weight excluding hydrogens is 346 g/mol. The monoisotopic (exact) mass is 357 g/mol. The Morgan fingerprint density at radius 1 is 1.35 bits per heavy atom. The van der Waals surface area contributed by atoms with Crippen LogP contribution in [0, 0.1) is 3.57 Å². The van der Waals surface area contributed by atoms with Crippen LogP contribution in [0.1, 0.15) is 19.4 Å². The smallest absolute Gasteiger partial charge is 0.416 e. The van der Waals surface area contributed by atoms with Crippen molar-refractivity contribution < 1.29 is 17.9 Å². The number of hydrogen-bond acceptors (Lipinski definition) is 2. The van der Waals surface area contributed by atoms with Gasteiger partial charge in [0.1, 0.15) is 11.4 Å². The summed E-state index contributed by atoms with van der Waals surface area (Å²) in [5.41, 5.74) is -0.543. The minimum Gasteiger partial charge on any atom is -0.484 e. The minimum atomic E-state index is -4.35. The quantitative estimate of drug-likeness (QED) is 0.712. The van der Waals surface area contributed by atoms with Crippen LogP contribution in [0.5, 0.6) is 5.75 Å². The molecule has 0 fully saturated rings. The van der Waals surface area contributed by atoms with Crippen LogP contribution in [0.2, 0.25) is 0 Å². The molecule has 0 aromatic heterocycles. The van der Waals surface area contributed by atoms with Crippen LogP contribution in [0.15, 0.2) is 12.1 Å². The first-order valence-corrected chi connectivity index (χ1v) is 6.10. The van der Waals surface area contributed by atoms with Gasteiger partial charge in [0.2, 0.25) is 0 Å². The number of ether oxygens (including phenoxy) is 1. The van der Waals surface area contributed by atoms with Gasteiger partial charge in [0.25, 0.3) is 0 Å². The normalized spacial score (nSPS) is 18.0. The van der Waals surface area contributed by atoms with E-state index in [1.54, 1.807) is 0 Å². The fourth-order valence-corrected chi connectivity index (χ4v) is 2.42. The van der Waals surface area contributed by atoms with E-state index in [1.807, 2.05) is 36.4 Å². The molecule has 94 valence electrons. The van der Waals surface area contributed by atoms with E-state index in [0.717, 1.165) is 12.1 Å². The number of benzene rings is 1. The number of anilines is 1. The molecule has 6 heteroatoms. The van der Waals surface area contributed by atoms with E-state index in [-0.39, 0.29) is 5.75 Å². The number of fused-ring (bicyclic) bond motifs is 1. The molecule has 0 amide bonds. The maximum absolute atomic E-state index is 12.7. The molecule has 2 rings (SSSR count). The third-order valence-electron chi connectivity index (χ3n) is 2.46. The second kappa shape index (κ2) is 3.93. The number of rotatable bonds is 0. The topological polar surface area (TPSA) is 21.3 Å². The van der Waals surface area contributed by atoms with Crippen LogP contribution in [0.4, 0.5) is 18.9 Å². The zero-order valence-electron chi connectivity index (χ0n) is 9.28. The molecule has 0 aliphatic carbocycles. The van der Waals surface area contributed by atoms with Gasteiger partial charge in [-0.1, -0.05) is 0 Å². The van der Waals surface area contributed by atoms with Crippen LogP contribution in [0.25, 0.3) is 0 Å². The fourth-order valence-electron chi connectivity index (χ4n) is 1.63. The van der Waals surface area contributed by atoms with Gasteiger partial charge in [0, 0.05) is 3.57 Å². The van der Waals surface area contributed by atoms with Crippen LogP contribution in [-0.4, -0.2) is 12.1 Å². The third kappa shape index (κ3) is 2.61. The van der Waals surface area contributed by atoms with Gasteiger partial charge in [0.05, 0.1) is 17.8 Å². The van der Waals surface area contributed by atoms with E-state index in [9.17, 15) is 13.2 Å². The second-order valence-electron chi connectivity index (χ2n) is 4.54. The summed E-state index contributed by atoms with van der Waals surface area (Å²) in [6, 6.07) is 2.17. The van der Waals surface area contributed by atoms with Crippen LogP contribution in [-0.2, 0) is 6.18 Å². The SMILES string of the molecule is CC1(C)CNc2c(I)cc(C(F)(F)F)cc2O1. The van der Waals surface area contributed by atoms with Crippen molar-refractivity contribution in [2.45, 2.75) is 25.6 Å². The van der Waals surface area contributed by atoms with Gasteiger partial charge in [-0.2, -0.15) is 13.2 Å². The summed E-state index contributed by atoms with van der Waals surface area (Å²) in [4.78, 5) is 0. The summed E-state index contributed by atoms with van der Waals surface area (Å²) in [6.45, 7) is 4.23. The lowest BCUT2D eigenvalue weighted by Gasteiger charge is -2.34. The number of nitrogens with one attached hydrogen (secondary N) is 1. The highest BCUT2D eigenvalue weighted by atomic mass is 127. The Hall–Kier alpha value is -0.660. The van der Waals surface area contributed by atoms with Crippen molar-refractivity contribution in [2.24, 2.45) is 0 Å². The Morgan fingerprint density at radius 2 is 2.00 bits per heavy atom. The molecule has 0 saturated heterocycles. The van der Waals surface area contributed by atoms with Gasteiger partial charge in [-0.05, 0) is 48.6 Å². The van der Waals surface area contributed by atoms with E-state index < -0.39 is 17.3 Å². The average molecular weight is 357 g/mol. The molecule has 1 aliphatic heterocycles. The van der Waals surface area contributed by atoms with Gasteiger partial charge in [-0.15, -0.1) is 0 Å².